The summed E-state index contributed by atoms with van der Waals surface area (Å²) in [6.07, 6.45) is 9.17. The van der Waals surface area contributed by atoms with Gasteiger partial charge in [-0.25, -0.2) is 0 Å². The number of hydrogen-bond donors (Lipinski definition) is 1. The van der Waals surface area contributed by atoms with E-state index in [4.69, 9.17) is 5.26 Å². The molecule has 2 aliphatic carbocycles. The second kappa shape index (κ2) is 4.79. The van der Waals surface area contributed by atoms with Crippen LogP contribution in [0.5, 0.6) is 0 Å². The minimum absolute atomic E-state index is 0.657. The highest BCUT2D eigenvalue weighted by Crippen LogP contribution is 2.43. The Balaban J connectivity index is 1.68. The number of rotatable bonds is 4. The molecule has 0 heterocycles. The molecule has 2 unspecified atom stereocenters. The van der Waals surface area contributed by atoms with Crippen molar-refractivity contribution < 1.29 is 0 Å². The van der Waals surface area contributed by atoms with Gasteiger partial charge in [-0.05, 0) is 37.5 Å². The SMILES string of the molecule is N#CCCNC1CCCC(C2CC2)C1. The summed E-state index contributed by atoms with van der Waals surface area (Å²) < 4.78 is 0. The van der Waals surface area contributed by atoms with Crippen LogP contribution in [0.25, 0.3) is 0 Å². The molecule has 0 aromatic heterocycles. The lowest BCUT2D eigenvalue weighted by Crippen LogP contribution is -2.35. The van der Waals surface area contributed by atoms with E-state index in [9.17, 15) is 0 Å². The average molecular weight is 192 g/mol. The smallest absolute Gasteiger partial charge is 0.0635 e. The fraction of sp³-hybridized carbons (Fsp3) is 0.917. The van der Waals surface area contributed by atoms with Crippen molar-refractivity contribution in [1.82, 2.24) is 5.32 Å². The largest absolute Gasteiger partial charge is 0.313 e. The molecule has 2 aliphatic rings. The molecule has 2 rings (SSSR count). The molecule has 0 saturated heterocycles. The van der Waals surface area contributed by atoms with Gasteiger partial charge in [0.1, 0.15) is 0 Å². The highest BCUT2D eigenvalue weighted by Gasteiger charge is 2.34. The predicted octanol–water partition coefficient (Wildman–Crippen LogP) is 2.46. The molecule has 0 bridgehead atoms. The maximum Gasteiger partial charge on any atom is 0.0635 e. The van der Waals surface area contributed by atoms with E-state index >= 15 is 0 Å². The summed E-state index contributed by atoms with van der Waals surface area (Å²) in [5.41, 5.74) is 0. The molecular weight excluding hydrogens is 172 g/mol. The predicted molar refractivity (Wildman–Crippen MR) is 56.7 cm³/mol. The third-order valence-electron chi connectivity index (χ3n) is 3.67. The first-order chi connectivity index (χ1) is 6.90. The Morgan fingerprint density at radius 2 is 2.00 bits per heavy atom. The van der Waals surface area contributed by atoms with Crippen molar-refractivity contribution in [3.8, 4) is 6.07 Å². The molecule has 0 aliphatic heterocycles. The minimum Gasteiger partial charge on any atom is -0.313 e. The van der Waals surface area contributed by atoms with Crippen LogP contribution in [0.1, 0.15) is 44.9 Å². The molecule has 0 aromatic carbocycles. The average Bonchev–Trinajstić information content (AvgIpc) is 3.02. The Morgan fingerprint density at radius 3 is 2.71 bits per heavy atom. The van der Waals surface area contributed by atoms with E-state index in [-0.39, 0.29) is 0 Å². The molecule has 2 saturated carbocycles. The van der Waals surface area contributed by atoms with Crippen molar-refractivity contribution in [2.45, 2.75) is 51.0 Å². The summed E-state index contributed by atoms with van der Waals surface area (Å²) in [5.74, 6) is 2.07. The molecule has 0 radical (unpaired) electrons. The van der Waals surface area contributed by atoms with Crippen molar-refractivity contribution >= 4 is 0 Å². The lowest BCUT2D eigenvalue weighted by Gasteiger charge is -2.29. The van der Waals surface area contributed by atoms with Crippen molar-refractivity contribution in [1.29, 1.82) is 5.26 Å². The van der Waals surface area contributed by atoms with Crippen molar-refractivity contribution in [2.24, 2.45) is 11.8 Å². The zero-order valence-corrected chi connectivity index (χ0v) is 8.84. The quantitative estimate of drug-likeness (QED) is 0.694. The highest BCUT2D eigenvalue weighted by molar-refractivity contribution is 4.88. The first-order valence-electron chi connectivity index (χ1n) is 6.00. The summed E-state index contributed by atoms with van der Waals surface area (Å²) >= 11 is 0. The van der Waals surface area contributed by atoms with Gasteiger partial charge in [-0.2, -0.15) is 5.26 Å². The van der Waals surface area contributed by atoms with Gasteiger partial charge in [0.25, 0.3) is 0 Å². The summed E-state index contributed by atoms with van der Waals surface area (Å²) in [7, 11) is 0. The first-order valence-corrected chi connectivity index (χ1v) is 6.00. The molecule has 14 heavy (non-hydrogen) atoms. The molecule has 2 heteroatoms. The number of nitrogens with one attached hydrogen (secondary N) is 1. The number of hydrogen-bond acceptors (Lipinski definition) is 2. The fourth-order valence-electron chi connectivity index (χ4n) is 2.74. The zero-order chi connectivity index (χ0) is 9.80. The molecule has 0 aromatic rings. The number of nitrogens with zero attached hydrogens (tertiary/aromatic N) is 1. The molecule has 2 nitrogen and oxygen atoms in total. The number of nitriles is 1. The maximum absolute atomic E-state index is 8.46. The van der Waals surface area contributed by atoms with Gasteiger partial charge in [-0.15, -0.1) is 0 Å². The van der Waals surface area contributed by atoms with Crippen LogP contribution in [0.3, 0.4) is 0 Å². The van der Waals surface area contributed by atoms with Gasteiger partial charge in [0.2, 0.25) is 0 Å². The van der Waals surface area contributed by atoms with Crippen LogP contribution in [0.4, 0.5) is 0 Å². The summed E-state index contributed by atoms with van der Waals surface area (Å²) in [5, 5.41) is 12.0. The van der Waals surface area contributed by atoms with E-state index in [0.717, 1.165) is 18.4 Å². The van der Waals surface area contributed by atoms with Crippen molar-refractivity contribution in [3.05, 3.63) is 0 Å². The van der Waals surface area contributed by atoms with Crippen molar-refractivity contribution in [3.63, 3.8) is 0 Å². The zero-order valence-electron chi connectivity index (χ0n) is 8.84. The van der Waals surface area contributed by atoms with E-state index in [1.807, 2.05) is 0 Å². The molecule has 1 N–H and O–H groups in total. The van der Waals surface area contributed by atoms with Gasteiger partial charge < -0.3 is 5.32 Å². The van der Waals surface area contributed by atoms with E-state index in [1.165, 1.54) is 38.5 Å². The minimum atomic E-state index is 0.657. The monoisotopic (exact) mass is 192 g/mol. The van der Waals surface area contributed by atoms with E-state index in [0.29, 0.717) is 12.5 Å². The Hall–Kier alpha value is -0.550. The van der Waals surface area contributed by atoms with Crippen LogP contribution in [-0.4, -0.2) is 12.6 Å². The third kappa shape index (κ3) is 2.72. The van der Waals surface area contributed by atoms with Gasteiger partial charge in [-0.3, -0.25) is 0 Å². The van der Waals surface area contributed by atoms with Gasteiger partial charge in [-0.1, -0.05) is 12.8 Å². The van der Waals surface area contributed by atoms with Gasteiger partial charge in [0.05, 0.1) is 6.07 Å². The molecule has 2 fully saturated rings. The Morgan fingerprint density at radius 1 is 1.14 bits per heavy atom. The second-order valence-electron chi connectivity index (χ2n) is 4.82. The topological polar surface area (TPSA) is 35.8 Å². The maximum atomic E-state index is 8.46. The van der Waals surface area contributed by atoms with E-state index in [2.05, 4.69) is 11.4 Å². The van der Waals surface area contributed by atoms with Crippen LogP contribution < -0.4 is 5.32 Å². The van der Waals surface area contributed by atoms with Crippen LogP contribution >= 0.6 is 0 Å². The van der Waals surface area contributed by atoms with E-state index < -0.39 is 0 Å². The molecular formula is C12H20N2. The van der Waals surface area contributed by atoms with Gasteiger partial charge in [0, 0.05) is 19.0 Å². The summed E-state index contributed by atoms with van der Waals surface area (Å²) in [6, 6.07) is 2.90. The lowest BCUT2D eigenvalue weighted by atomic mass is 9.83. The molecule has 0 amide bonds. The lowest BCUT2D eigenvalue weighted by molar-refractivity contribution is 0.262. The van der Waals surface area contributed by atoms with Crippen molar-refractivity contribution in [2.75, 3.05) is 6.54 Å². The third-order valence-corrected chi connectivity index (χ3v) is 3.67. The van der Waals surface area contributed by atoms with Crippen LogP contribution in [0.2, 0.25) is 0 Å². The Bertz CT molecular complexity index is 215. The molecule has 78 valence electrons. The van der Waals surface area contributed by atoms with Crippen LogP contribution in [0, 0.1) is 23.2 Å². The second-order valence-corrected chi connectivity index (χ2v) is 4.82. The summed E-state index contributed by atoms with van der Waals surface area (Å²) in [4.78, 5) is 0. The normalized spacial score (nSPS) is 32.5. The highest BCUT2D eigenvalue weighted by atomic mass is 14.9. The first kappa shape index (κ1) is 9.98. The van der Waals surface area contributed by atoms with Crippen LogP contribution in [0.15, 0.2) is 0 Å². The Labute approximate surface area is 86.7 Å². The molecule has 2 atom stereocenters. The van der Waals surface area contributed by atoms with Gasteiger partial charge >= 0.3 is 0 Å². The summed E-state index contributed by atoms with van der Waals surface area (Å²) in [6.45, 7) is 0.887. The standard InChI is InChI=1S/C12H20N2/c13-7-2-8-14-12-4-1-3-11(9-12)10-5-6-10/h10-12,14H,1-6,8-9H2. The fourth-order valence-corrected chi connectivity index (χ4v) is 2.74. The molecule has 0 spiro atoms. The van der Waals surface area contributed by atoms with Crippen LogP contribution in [-0.2, 0) is 0 Å². The van der Waals surface area contributed by atoms with Gasteiger partial charge in [0.15, 0.2) is 0 Å². The van der Waals surface area contributed by atoms with E-state index in [1.54, 1.807) is 0 Å². The Kier molecular flexibility index (Phi) is 3.42.